The van der Waals surface area contributed by atoms with Gasteiger partial charge in [-0.05, 0) is 11.6 Å². The Bertz CT molecular complexity index is 681. The maximum atomic E-state index is 12.2. The number of carbonyl (C=O) groups excluding carboxylic acids is 2. The van der Waals surface area contributed by atoms with Crippen LogP contribution in [-0.4, -0.2) is 38.6 Å². The van der Waals surface area contributed by atoms with Crippen molar-refractivity contribution in [3.8, 4) is 0 Å². The molecule has 1 fully saturated rings. The molecule has 2 heterocycles. The summed E-state index contributed by atoms with van der Waals surface area (Å²) in [5.74, 6) is 0.462. The van der Waals surface area contributed by atoms with E-state index >= 15 is 0 Å². The summed E-state index contributed by atoms with van der Waals surface area (Å²) < 4.78 is 0. The molecule has 3 rings (SSSR count). The van der Waals surface area contributed by atoms with Crippen molar-refractivity contribution in [3.05, 3.63) is 54.4 Å². The van der Waals surface area contributed by atoms with Crippen molar-refractivity contribution in [1.29, 1.82) is 0 Å². The second kappa shape index (κ2) is 7.23. The van der Waals surface area contributed by atoms with Crippen LogP contribution < -0.4 is 5.32 Å². The topological polar surface area (TPSA) is 75.2 Å². The zero-order chi connectivity index (χ0) is 16.1. The Labute approximate surface area is 138 Å². The minimum Gasteiger partial charge on any atom is -0.334 e. The molecule has 7 heteroatoms. The van der Waals surface area contributed by atoms with E-state index in [1.165, 1.54) is 16.7 Å². The van der Waals surface area contributed by atoms with Crippen LogP contribution in [-0.2, 0) is 11.3 Å². The molecule has 1 aromatic carbocycles. The minimum absolute atomic E-state index is 0.105. The normalized spacial score (nSPS) is 16.8. The summed E-state index contributed by atoms with van der Waals surface area (Å²) in [6, 6.07) is 10.9. The third-order valence-corrected chi connectivity index (χ3v) is 4.52. The number of nitrogens with one attached hydrogen (secondary N) is 1. The van der Waals surface area contributed by atoms with E-state index in [1.54, 1.807) is 18.5 Å². The standard InChI is InChI=1S/C16H16N4O2S/c21-14-9-13(11-23-15-17-7-4-8-18-15)20(14)16(22)19-10-12-5-2-1-3-6-12/h1-8,13H,9-11H2,(H,19,22)/t13-/m1/s1. The highest BCUT2D eigenvalue weighted by Crippen LogP contribution is 2.25. The Balaban J connectivity index is 1.51. The number of imide groups is 1. The maximum Gasteiger partial charge on any atom is 0.324 e. The summed E-state index contributed by atoms with van der Waals surface area (Å²) in [7, 11) is 0. The molecule has 23 heavy (non-hydrogen) atoms. The predicted octanol–water partition coefficient (Wildman–Crippen LogP) is 2.08. The Hall–Kier alpha value is -2.41. The van der Waals surface area contributed by atoms with Crippen molar-refractivity contribution in [2.24, 2.45) is 0 Å². The molecular formula is C16H16N4O2S. The smallest absolute Gasteiger partial charge is 0.324 e. The molecule has 0 spiro atoms. The number of likely N-dealkylation sites (tertiary alicyclic amines) is 1. The summed E-state index contributed by atoms with van der Waals surface area (Å²) >= 11 is 1.45. The average molecular weight is 328 g/mol. The number of nitrogens with zero attached hydrogens (tertiary/aromatic N) is 3. The molecule has 1 aliphatic heterocycles. The molecule has 1 N–H and O–H groups in total. The fourth-order valence-electron chi connectivity index (χ4n) is 2.28. The van der Waals surface area contributed by atoms with E-state index in [9.17, 15) is 9.59 Å². The van der Waals surface area contributed by atoms with Gasteiger partial charge in [0.15, 0.2) is 5.16 Å². The second-order valence-electron chi connectivity index (χ2n) is 5.11. The first-order valence-corrected chi connectivity index (χ1v) is 8.26. The number of benzene rings is 1. The molecule has 1 atom stereocenters. The number of carbonyl (C=O) groups is 2. The zero-order valence-corrected chi connectivity index (χ0v) is 13.2. The van der Waals surface area contributed by atoms with Crippen molar-refractivity contribution in [2.75, 3.05) is 5.75 Å². The fourth-order valence-corrected chi connectivity index (χ4v) is 3.16. The van der Waals surface area contributed by atoms with Gasteiger partial charge in [0.25, 0.3) is 0 Å². The van der Waals surface area contributed by atoms with Gasteiger partial charge in [-0.3, -0.25) is 9.69 Å². The first-order valence-electron chi connectivity index (χ1n) is 7.27. The van der Waals surface area contributed by atoms with Gasteiger partial charge in [-0.25, -0.2) is 14.8 Å². The van der Waals surface area contributed by atoms with Crippen LogP contribution in [0.15, 0.2) is 53.9 Å². The van der Waals surface area contributed by atoms with E-state index in [-0.39, 0.29) is 18.0 Å². The Morgan fingerprint density at radius 1 is 1.22 bits per heavy atom. The van der Waals surface area contributed by atoms with Gasteiger partial charge in [-0.2, -0.15) is 0 Å². The quantitative estimate of drug-likeness (QED) is 0.517. The lowest BCUT2D eigenvalue weighted by Gasteiger charge is -2.38. The zero-order valence-electron chi connectivity index (χ0n) is 12.4. The molecule has 0 radical (unpaired) electrons. The van der Waals surface area contributed by atoms with Gasteiger partial charge in [0.05, 0.1) is 6.04 Å². The van der Waals surface area contributed by atoms with E-state index in [0.717, 1.165) is 5.56 Å². The SMILES string of the molecule is O=C1C[C@H](CSc2ncccn2)N1C(=O)NCc1ccccc1. The van der Waals surface area contributed by atoms with Crippen LogP contribution in [0.4, 0.5) is 4.79 Å². The third-order valence-electron chi connectivity index (χ3n) is 3.50. The number of aromatic nitrogens is 2. The third kappa shape index (κ3) is 3.87. The van der Waals surface area contributed by atoms with Gasteiger partial charge >= 0.3 is 6.03 Å². The van der Waals surface area contributed by atoms with E-state index in [2.05, 4.69) is 15.3 Å². The van der Waals surface area contributed by atoms with Gasteiger partial charge in [0, 0.05) is 31.1 Å². The molecule has 1 aromatic heterocycles. The van der Waals surface area contributed by atoms with Gasteiger partial charge < -0.3 is 5.32 Å². The maximum absolute atomic E-state index is 12.2. The number of urea groups is 1. The number of rotatable bonds is 5. The second-order valence-corrected chi connectivity index (χ2v) is 6.10. The molecule has 3 amide bonds. The Kier molecular flexibility index (Phi) is 4.87. The van der Waals surface area contributed by atoms with Crippen LogP contribution in [0.2, 0.25) is 0 Å². The molecule has 1 aliphatic rings. The summed E-state index contributed by atoms with van der Waals surface area (Å²) in [6.45, 7) is 0.408. The van der Waals surface area contributed by atoms with Crippen LogP contribution in [0.5, 0.6) is 0 Å². The lowest BCUT2D eigenvalue weighted by molar-refractivity contribution is -0.139. The highest BCUT2D eigenvalue weighted by atomic mass is 32.2. The molecule has 0 bridgehead atoms. The molecule has 0 saturated carbocycles. The van der Waals surface area contributed by atoms with Crippen molar-refractivity contribution < 1.29 is 9.59 Å². The summed E-state index contributed by atoms with van der Waals surface area (Å²) in [6.07, 6.45) is 3.73. The van der Waals surface area contributed by atoms with Crippen LogP contribution in [0, 0.1) is 0 Å². The fraction of sp³-hybridized carbons (Fsp3) is 0.250. The summed E-state index contributed by atoms with van der Waals surface area (Å²) in [4.78, 5) is 33.4. The van der Waals surface area contributed by atoms with E-state index < -0.39 is 0 Å². The molecule has 1 saturated heterocycles. The van der Waals surface area contributed by atoms with Gasteiger partial charge in [-0.1, -0.05) is 42.1 Å². The Morgan fingerprint density at radius 2 is 1.96 bits per heavy atom. The first kappa shape index (κ1) is 15.5. The lowest BCUT2D eigenvalue weighted by atomic mass is 10.1. The number of β-lactam (4-membered cyclic amide) rings is 1. The van der Waals surface area contributed by atoms with Crippen LogP contribution in [0.1, 0.15) is 12.0 Å². The molecular weight excluding hydrogens is 312 g/mol. The van der Waals surface area contributed by atoms with Gasteiger partial charge in [0.1, 0.15) is 0 Å². The van der Waals surface area contributed by atoms with Crippen molar-refractivity contribution in [2.45, 2.75) is 24.2 Å². The number of thioether (sulfide) groups is 1. The summed E-state index contributed by atoms with van der Waals surface area (Å²) in [5, 5.41) is 3.43. The van der Waals surface area contributed by atoms with Gasteiger partial charge in [0.2, 0.25) is 5.91 Å². The number of hydrogen-bond donors (Lipinski definition) is 1. The first-order chi connectivity index (χ1) is 11.2. The molecule has 0 aliphatic carbocycles. The molecule has 0 unspecified atom stereocenters. The Morgan fingerprint density at radius 3 is 2.65 bits per heavy atom. The van der Waals surface area contributed by atoms with E-state index in [0.29, 0.717) is 23.9 Å². The minimum atomic E-state index is -0.343. The molecule has 6 nitrogen and oxygen atoms in total. The van der Waals surface area contributed by atoms with E-state index in [4.69, 9.17) is 0 Å². The van der Waals surface area contributed by atoms with Crippen molar-refractivity contribution in [3.63, 3.8) is 0 Å². The van der Waals surface area contributed by atoms with Crippen molar-refractivity contribution >= 4 is 23.7 Å². The number of hydrogen-bond acceptors (Lipinski definition) is 5. The highest BCUT2D eigenvalue weighted by Gasteiger charge is 2.40. The van der Waals surface area contributed by atoms with Gasteiger partial charge in [-0.15, -0.1) is 0 Å². The average Bonchev–Trinajstić information content (AvgIpc) is 2.58. The molecule has 2 aromatic rings. The predicted molar refractivity (Wildman–Crippen MR) is 86.7 cm³/mol. The highest BCUT2D eigenvalue weighted by molar-refractivity contribution is 7.99. The molecule has 118 valence electrons. The monoisotopic (exact) mass is 328 g/mol. The number of amides is 3. The largest absolute Gasteiger partial charge is 0.334 e. The van der Waals surface area contributed by atoms with Crippen LogP contribution in [0.25, 0.3) is 0 Å². The van der Waals surface area contributed by atoms with Crippen LogP contribution in [0.3, 0.4) is 0 Å². The summed E-state index contributed by atoms with van der Waals surface area (Å²) in [5.41, 5.74) is 0.998. The lowest BCUT2D eigenvalue weighted by Crippen LogP contribution is -2.59. The van der Waals surface area contributed by atoms with Crippen molar-refractivity contribution in [1.82, 2.24) is 20.2 Å². The van der Waals surface area contributed by atoms with Crippen LogP contribution >= 0.6 is 11.8 Å². The van der Waals surface area contributed by atoms with E-state index in [1.807, 2.05) is 30.3 Å².